The SMILES string of the molecule is CC(=NC(c1ccccc1)c1ccccc1)c1ccccc1.CC(=O)O.CC(=O)c1ccccc1.NC(c1ccccc1)c1ccccc1. The molecule has 248 valence electrons. The second-order valence-corrected chi connectivity index (χ2v) is 11.0. The molecule has 49 heavy (non-hydrogen) atoms. The highest BCUT2D eigenvalue weighted by Gasteiger charge is 2.13. The van der Waals surface area contributed by atoms with Crippen molar-refractivity contribution < 1.29 is 14.7 Å². The fourth-order valence-corrected chi connectivity index (χ4v) is 4.75. The van der Waals surface area contributed by atoms with Crippen LogP contribution in [0.5, 0.6) is 0 Å². The van der Waals surface area contributed by atoms with Gasteiger partial charge in [-0.25, -0.2) is 0 Å². The lowest BCUT2D eigenvalue weighted by Crippen LogP contribution is -2.11. The van der Waals surface area contributed by atoms with E-state index < -0.39 is 5.97 Å². The van der Waals surface area contributed by atoms with Crippen molar-refractivity contribution in [1.82, 2.24) is 0 Å². The molecule has 0 saturated carbocycles. The fourth-order valence-electron chi connectivity index (χ4n) is 4.75. The lowest BCUT2D eigenvalue weighted by atomic mass is 9.99. The number of hydrogen-bond acceptors (Lipinski definition) is 4. The van der Waals surface area contributed by atoms with Gasteiger partial charge in [0.05, 0.1) is 6.04 Å². The Balaban J connectivity index is 0.000000205. The molecule has 0 amide bonds. The number of carboxylic acids is 1. The van der Waals surface area contributed by atoms with Crippen LogP contribution in [0.1, 0.15) is 71.0 Å². The molecular formula is C44H44N2O3. The van der Waals surface area contributed by atoms with Gasteiger partial charge in [-0.3, -0.25) is 14.6 Å². The van der Waals surface area contributed by atoms with E-state index in [1.54, 1.807) is 6.92 Å². The number of carboxylic acid groups (broad SMARTS) is 1. The molecule has 0 radical (unpaired) electrons. The van der Waals surface area contributed by atoms with Crippen molar-refractivity contribution in [1.29, 1.82) is 0 Å². The number of benzene rings is 6. The predicted molar refractivity (Wildman–Crippen MR) is 202 cm³/mol. The van der Waals surface area contributed by atoms with Crippen LogP contribution in [-0.2, 0) is 4.79 Å². The van der Waals surface area contributed by atoms with Gasteiger partial charge in [0.15, 0.2) is 5.78 Å². The van der Waals surface area contributed by atoms with E-state index in [4.69, 9.17) is 20.6 Å². The number of hydrogen-bond donors (Lipinski definition) is 2. The van der Waals surface area contributed by atoms with E-state index in [0.29, 0.717) is 0 Å². The minimum atomic E-state index is -0.833. The molecule has 0 aliphatic carbocycles. The van der Waals surface area contributed by atoms with Crippen LogP contribution in [0.3, 0.4) is 0 Å². The molecule has 5 nitrogen and oxygen atoms in total. The van der Waals surface area contributed by atoms with E-state index in [9.17, 15) is 4.79 Å². The molecule has 0 unspecified atom stereocenters. The second kappa shape index (κ2) is 21.1. The van der Waals surface area contributed by atoms with E-state index in [1.807, 2.05) is 97.1 Å². The summed E-state index contributed by atoms with van der Waals surface area (Å²) in [5.41, 5.74) is 13.8. The Bertz CT molecular complexity index is 1730. The van der Waals surface area contributed by atoms with Crippen molar-refractivity contribution in [2.75, 3.05) is 0 Å². The smallest absolute Gasteiger partial charge is 0.300 e. The van der Waals surface area contributed by atoms with Gasteiger partial charge in [0.2, 0.25) is 0 Å². The van der Waals surface area contributed by atoms with Crippen molar-refractivity contribution >= 4 is 17.5 Å². The third-order valence-electron chi connectivity index (χ3n) is 7.24. The van der Waals surface area contributed by atoms with Crippen LogP contribution >= 0.6 is 0 Å². The summed E-state index contributed by atoms with van der Waals surface area (Å²) in [5, 5.41) is 7.42. The standard InChI is InChI=1S/C21H19N.C13H13N.C8H8O.C2H4O2/c1-17(18-11-5-2-6-12-18)22-21(19-13-7-3-8-14-19)20-15-9-4-10-16-20;14-13(11-7-3-1-4-8-11)12-9-5-2-6-10-12;1-7(9)8-5-3-2-4-6-8;1-2(3)4/h2-16,21H,1H3;1-10,13H,14H2;2-6H,1H3;1H3,(H,3,4). The minimum Gasteiger partial charge on any atom is -0.481 e. The molecule has 0 heterocycles. The van der Waals surface area contributed by atoms with E-state index in [2.05, 4.69) is 91.9 Å². The third kappa shape index (κ3) is 13.8. The molecule has 6 aromatic carbocycles. The van der Waals surface area contributed by atoms with Crippen LogP contribution in [-0.4, -0.2) is 22.6 Å². The average molecular weight is 649 g/mol. The highest BCUT2D eigenvalue weighted by molar-refractivity contribution is 5.99. The number of aliphatic imine (C=N–C) groups is 1. The Labute approximate surface area is 290 Å². The van der Waals surface area contributed by atoms with Crippen LogP contribution in [0.4, 0.5) is 0 Å². The summed E-state index contributed by atoms with van der Waals surface area (Å²) < 4.78 is 0. The van der Waals surface area contributed by atoms with Crippen molar-refractivity contribution in [3.05, 3.63) is 215 Å². The summed E-state index contributed by atoms with van der Waals surface area (Å²) in [4.78, 5) is 24.6. The van der Waals surface area contributed by atoms with Gasteiger partial charge in [0.1, 0.15) is 6.04 Å². The van der Waals surface area contributed by atoms with Crippen LogP contribution in [0.2, 0.25) is 0 Å². The monoisotopic (exact) mass is 648 g/mol. The number of carbonyl (C=O) groups is 2. The van der Waals surface area contributed by atoms with Gasteiger partial charge >= 0.3 is 0 Å². The zero-order valence-electron chi connectivity index (χ0n) is 28.3. The Morgan fingerprint density at radius 2 is 0.735 bits per heavy atom. The average Bonchev–Trinajstić information content (AvgIpc) is 3.16. The van der Waals surface area contributed by atoms with Crippen LogP contribution < -0.4 is 5.73 Å². The first kappa shape index (κ1) is 37.5. The summed E-state index contributed by atoms with van der Waals surface area (Å²) in [6, 6.07) is 60.7. The molecule has 6 aromatic rings. The summed E-state index contributed by atoms with van der Waals surface area (Å²) in [6.07, 6.45) is 0. The Morgan fingerprint density at radius 1 is 0.469 bits per heavy atom. The first-order valence-corrected chi connectivity index (χ1v) is 16.1. The molecule has 0 bridgehead atoms. The van der Waals surface area contributed by atoms with Crippen molar-refractivity contribution in [3.8, 4) is 0 Å². The van der Waals surface area contributed by atoms with Crippen molar-refractivity contribution in [3.63, 3.8) is 0 Å². The Kier molecular flexibility index (Phi) is 16.1. The van der Waals surface area contributed by atoms with E-state index in [-0.39, 0.29) is 17.9 Å². The molecule has 0 aliphatic rings. The number of carbonyl (C=O) groups excluding carboxylic acids is 1. The summed E-state index contributed by atoms with van der Waals surface area (Å²) in [7, 11) is 0. The van der Waals surface area contributed by atoms with Crippen molar-refractivity contribution in [2.24, 2.45) is 10.7 Å². The number of nitrogens with zero attached hydrogens (tertiary/aromatic N) is 1. The molecule has 0 aromatic heterocycles. The zero-order valence-corrected chi connectivity index (χ0v) is 28.3. The fraction of sp³-hybridized carbons (Fsp3) is 0.114. The first-order valence-electron chi connectivity index (χ1n) is 16.1. The van der Waals surface area contributed by atoms with E-state index >= 15 is 0 Å². The molecule has 3 N–H and O–H groups in total. The van der Waals surface area contributed by atoms with Crippen LogP contribution in [0.25, 0.3) is 0 Å². The molecule has 0 aliphatic heterocycles. The summed E-state index contributed by atoms with van der Waals surface area (Å²) >= 11 is 0. The van der Waals surface area contributed by atoms with Crippen LogP contribution in [0, 0.1) is 0 Å². The molecular weight excluding hydrogens is 604 g/mol. The maximum atomic E-state index is 10.6. The molecule has 0 spiro atoms. The minimum absolute atomic E-state index is 0.0163. The largest absolute Gasteiger partial charge is 0.481 e. The van der Waals surface area contributed by atoms with Gasteiger partial charge in [-0.15, -0.1) is 0 Å². The van der Waals surface area contributed by atoms with Gasteiger partial charge in [-0.1, -0.05) is 182 Å². The van der Waals surface area contributed by atoms with Gasteiger partial charge in [-0.05, 0) is 41.7 Å². The lowest BCUT2D eigenvalue weighted by Gasteiger charge is -2.15. The Hall–Kier alpha value is -5.91. The topological polar surface area (TPSA) is 92.7 Å². The van der Waals surface area contributed by atoms with Crippen molar-refractivity contribution in [2.45, 2.75) is 32.9 Å². The predicted octanol–water partition coefficient (Wildman–Crippen LogP) is 10.0. The summed E-state index contributed by atoms with van der Waals surface area (Å²) in [6.45, 7) is 4.73. The van der Waals surface area contributed by atoms with E-state index in [0.717, 1.165) is 29.3 Å². The molecule has 6 rings (SSSR count). The molecule has 5 heteroatoms. The number of rotatable bonds is 7. The van der Waals surface area contributed by atoms with Gasteiger partial charge in [0, 0.05) is 18.2 Å². The van der Waals surface area contributed by atoms with Gasteiger partial charge in [-0.2, -0.15) is 0 Å². The van der Waals surface area contributed by atoms with E-state index in [1.165, 1.54) is 16.7 Å². The Morgan fingerprint density at radius 3 is 1.02 bits per heavy atom. The molecule has 0 fully saturated rings. The maximum Gasteiger partial charge on any atom is 0.300 e. The molecule has 0 atom stereocenters. The maximum absolute atomic E-state index is 10.6. The summed E-state index contributed by atoms with van der Waals surface area (Å²) in [5.74, 6) is -0.712. The highest BCUT2D eigenvalue weighted by atomic mass is 16.4. The number of nitrogens with two attached hydrogens (primary N) is 1. The highest BCUT2D eigenvalue weighted by Crippen LogP contribution is 2.26. The molecule has 0 saturated heterocycles. The van der Waals surface area contributed by atoms with Gasteiger partial charge in [0.25, 0.3) is 5.97 Å². The quantitative estimate of drug-likeness (QED) is 0.133. The van der Waals surface area contributed by atoms with Crippen LogP contribution in [0.15, 0.2) is 187 Å². The normalized spacial score (nSPS) is 10.4. The second-order valence-electron chi connectivity index (χ2n) is 11.0. The first-order chi connectivity index (χ1) is 23.8. The number of aliphatic carboxylic acids is 1. The zero-order chi connectivity index (χ0) is 35.3. The third-order valence-corrected chi connectivity index (χ3v) is 7.24. The lowest BCUT2D eigenvalue weighted by molar-refractivity contribution is -0.134. The number of Topliss-reactive ketones (excluding diaryl/α,β-unsaturated/α-hetero) is 1. The number of ketones is 1. The van der Waals surface area contributed by atoms with Gasteiger partial charge < -0.3 is 10.8 Å².